The number of hydrogen-bond donors (Lipinski definition) is 1. The van der Waals surface area contributed by atoms with Crippen molar-refractivity contribution in [3.8, 4) is 17.2 Å². The third-order valence-electron chi connectivity index (χ3n) is 5.65. The first-order valence-electron chi connectivity index (χ1n) is 9.16. The van der Waals surface area contributed by atoms with Crippen LogP contribution in [0.1, 0.15) is 31.7 Å². The smallest absolute Gasteiger partial charge is 0.145 e. The molecule has 2 fully saturated rings. The molecule has 2 aromatic rings. The lowest BCUT2D eigenvalue weighted by Crippen LogP contribution is -2.21. The molecule has 3 aliphatic rings. The fourth-order valence-electron chi connectivity index (χ4n) is 3.90. The average Bonchev–Trinajstić information content (AvgIpc) is 3.10. The lowest BCUT2D eigenvalue weighted by atomic mass is 9.97. The van der Waals surface area contributed by atoms with Gasteiger partial charge in [-0.05, 0) is 43.5 Å². The van der Waals surface area contributed by atoms with Gasteiger partial charge in [-0.3, -0.25) is 5.32 Å². The molecule has 5 nitrogen and oxygen atoms in total. The molecule has 2 aliphatic heterocycles. The number of pyridine rings is 1. The van der Waals surface area contributed by atoms with Crippen LogP contribution < -0.4 is 19.7 Å². The molecule has 5 heteroatoms. The summed E-state index contributed by atoms with van der Waals surface area (Å²) in [6.45, 7) is 4.87. The number of hydrogen-bond acceptors (Lipinski definition) is 5. The maximum atomic E-state index is 6.18. The minimum absolute atomic E-state index is 0.204. The molecule has 1 spiro atoms. The van der Waals surface area contributed by atoms with Crippen molar-refractivity contribution < 1.29 is 9.47 Å². The second kappa shape index (κ2) is 5.63. The highest BCUT2D eigenvalue weighted by Crippen LogP contribution is 2.58. The topological polar surface area (TPSA) is 46.6 Å². The zero-order chi connectivity index (χ0) is 16.9. The predicted molar refractivity (Wildman–Crippen MR) is 96.6 cm³/mol. The van der Waals surface area contributed by atoms with Crippen molar-refractivity contribution in [2.24, 2.45) is 0 Å². The van der Waals surface area contributed by atoms with Crippen LogP contribution in [0.3, 0.4) is 0 Å². The number of fused-ring (bicyclic) bond motifs is 2. The minimum Gasteiger partial charge on any atom is -0.492 e. The summed E-state index contributed by atoms with van der Waals surface area (Å²) in [5.41, 5.74) is 1.45. The molecule has 1 saturated carbocycles. The van der Waals surface area contributed by atoms with Gasteiger partial charge in [-0.1, -0.05) is 13.0 Å². The molecule has 1 aromatic carbocycles. The highest BCUT2D eigenvalue weighted by Gasteiger charge is 2.52. The van der Waals surface area contributed by atoms with E-state index >= 15 is 0 Å². The number of rotatable bonds is 4. The Morgan fingerprint density at radius 2 is 2.24 bits per heavy atom. The Hall–Kier alpha value is -2.27. The summed E-state index contributed by atoms with van der Waals surface area (Å²) in [7, 11) is 0. The van der Waals surface area contributed by atoms with Gasteiger partial charge < -0.3 is 14.4 Å². The molecule has 130 valence electrons. The van der Waals surface area contributed by atoms with Gasteiger partial charge in [-0.15, -0.1) is 0 Å². The van der Waals surface area contributed by atoms with Gasteiger partial charge in [0.25, 0.3) is 0 Å². The lowest BCUT2D eigenvalue weighted by Gasteiger charge is -2.17. The molecule has 0 radical (unpaired) electrons. The van der Waals surface area contributed by atoms with Gasteiger partial charge in [0.05, 0.1) is 19.5 Å². The molecular weight excluding hydrogens is 314 g/mol. The predicted octanol–water partition coefficient (Wildman–Crippen LogP) is 3.44. The molecule has 1 atom stereocenters. The van der Waals surface area contributed by atoms with E-state index in [0.717, 1.165) is 49.3 Å². The second-order valence-electron chi connectivity index (χ2n) is 7.34. The summed E-state index contributed by atoms with van der Waals surface area (Å²) in [4.78, 5) is 6.87. The molecule has 1 N–H and O–H groups in total. The van der Waals surface area contributed by atoms with Gasteiger partial charge in [0, 0.05) is 23.6 Å². The molecule has 1 saturated heterocycles. The summed E-state index contributed by atoms with van der Waals surface area (Å²) in [6, 6.07) is 10.7. The monoisotopic (exact) mass is 337 g/mol. The average molecular weight is 337 g/mol. The zero-order valence-electron chi connectivity index (χ0n) is 14.5. The van der Waals surface area contributed by atoms with Gasteiger partial charge >= 0.3 is 0 Å². The number of anilines is 1. The zero-order valence-corrected chi connectivity index (χ0v) is 14.5. The Bertz CT molecular complexity index is 786. The van der Waals surface area contributed by atoms with Crippen LogP contribution in [0.2, 0.25) is 0 Å². The summed E-state index contributed by atoms with van der Waals surface area (Å²) in [6.07, 6.45) is 5.35. The molecule has 5 rings (SSSR count). The largest absolute Gasteiger partial charge is 0.492 e. The number of benzene rings is 1. The SMILES string of the molecule is CC[C@@H]1CN(c2ccc(Oc3cccc4c3C3(CC3)CO4)cn2)CN1. The Balaban J connectivity index is 1.35. The summed E-state index contributed by atoms with van der Waals surface area (Å²) in [5.74, 6) is 3.67. The first-order valence-corrected chi connectivity index (χ1v) is 9.16. The van der Waals surface area contributed by atoms with Gasteiger partial charge in [0.1, 0.15) is 23.1 Å². The van der Waals surface area contributed by atoms with E-state index in [-0.39, 0.29) is 5.41 Å². The number of nitrogens with zero attached hydrogens (tertiary/aromatic N) is 2. The van der Waals surface area contributed by atoms with E-state index in [9.17, 15) is 0 Å². The third-order valence-corrected chi connectivity index (χ3v) is 5.65. The van der Waals surface area contributed by atoms with Crippen molar-refractivity contribution in [3.05, 3.63) is 42.1 Å². The Morgan fingerprint density at radius 3 is 2.96 bits per heavy atom. The maximum absolute atomic E-state index is 6.18. The quantitative estimate of drug-likeness (QED) is 0.926. The van der Waals surface area contributed by atoms with Crippen LogP contribution in [-0.2, 0) is 5.41 Å². The Labute approximate surface area is 148 Å². The van der Waals surface area contributed by atoms with E-state index < -0.39 is 0 Å². The fraction of sp³-hybridized carbons (Fsp3) is 0.450. The molecule has 1 aromatic heterocycles. The minimum atomic E-state index is 0.204. The van der Waals surface area contributed by atoms with Crippen LogP contribution in [0.25, 0.3) is 0 Å². The van der Waals surface area contributed by atoms with Crippen molar-refractivity contribution in [2.75, 3.05) is 24.7 Å². The molecule has 0 bridgehead atoms. The van der Waals surface area contributed by atoms with Gasteiger partial charge in [0.2, 0.25) is 0 Å². The Kier molecular flexibility index (Phi) is 3.38. The summed E-state index contributed by atoms with van der Waals surface area (Å²) in [5, 5.41) is 3.49. The van der Waals surface area contributed by atoms with E-state index in [1.54, 1.807) is 0 Å². The van der Waals surface area contributed by atoms with Crippen molar-refractivity contribution in [1.82, 2.24) is 10.3 Å². The number of nitrogens with one attached hydrogen (secondary N) is 1. The molecule has 0 unspecified atom stereocenters. The van der Waals surface area contributed by atoms with Gasteiger partial charge in [-0.25, -0.2) is 4.98 Å². The lowest BCUT2D eigenvalue weighted by molar-refractivity contribution is 0.323. The number of ether oxygens (including phenoxy) is 2. The van der Waals surface area contributed by atoms with E-state index in [1.165, 1.54) is 18.4 Å². The normalized spacial score (nSPS) is 22.8. The Morgan fingerprint density at radius 1 is 1.32 bits per heavy atom. The van der Waals surface area contributed by atoms with E-state index in [0.29, 0.717) is 6.04 Å². The van der Waals surface area contributed by atoms with E-state index in [1.807, 2.05) is 36.5 Å². The fourth-order valence-corrected chi connectivity index (χ4v) is 3.90. The third kappa shape index (κ3) is 2.54. The standard InChI is InChI=1S/C20H23N3O2/c1-2-14-11-23(13-22-14)18-7-6-15(10-21-18)25-17-5-3-4-16-19(17)20(8-9-20)12-24-16/h3-7,10,14,22H,2,8-9,11-13H2,1H3/t14-/m1/s1. The van der Waals surface area contributed by atoms with Gasteiger partial charge in [0.15, 0.2) is 0 Å². The molecule has 25 heavy (non-hydrogen) atoms. The van der Waals surface area contributed by atoms with Crippen LogP contribution in [0.15, 0.2) is 36.5 Å². The van der Waals surface area contributed by atoms with Crippen molar-refractivity contribution >= 4 is 5.82 Å². The maximum Gasteiger partial charge on any atom is 0.145 e. The highest BCUT2D eigenvalue weighted by atomic mass is 16.5. The first kappa shape index (κ1) is 15.0. The van der Waals surface area contributed by atoms with E-state index in [2.05, 4.69) is 22.1 Å². The van der Waals surface area contributed by atoms with Crippen LogP contribution in [0.5, 0.6) is 17.2 Å². The van der Waals surface area contributed by atoms with Crippen LogP contribution in [0.4, 0.5) is 5.82 Å². The molecule has 0 amide bonds. The van der Waals surface area contributed by atoms with Crippen molar-refractivity contribution in [2.45, 2.75) is 37.6 Å². The molecule has 1 aliphatic carbocycles. The summed E-state index contributed by atoms with van der Waals surface area (Å²) >= 11 is 0. The van der Waals surface area contributed by atoms with Crippen molar-refractivity contribution in [3.63, 3.8) is 0 Å². The highest BCUT2D eigenvalue weighted by molar-refractivity contribution is 5.56. The van der Waals surface area contributed by atoms with Crippen LogP contribution in [-0.4, -0.2) is 30.8 Å². The second-order valence-corrected chi connectivity index (χ2v) is 7.34. The van der Waals surface area contributed by atoms with Crippen LogP contribution >= 0.6 is 0 Å². The van der Waals surface area contributed by atoms with Gasteiger partial charge in [-0.2, -0.15) is 0 Å². The molecule has 3 heterocycles. The summed E-state index contributed by atoms with van der Waals surface area (Å²) < 4.78 is 12.0. The number of aromatic nitrogens is 1. The van der Waals surface area contributed by atoms with E-state index in [4.69, 9.17) is 9.47 Å². The van der Waals surface area contributed by atoms with Crippen LogP contribution in [0, 0.1) is 0 Å². The molecular formula is C20H23N3O2. The first-order chi connectivity index (χ1) is 12.3. The van der Waals surface area contributed by atoms with Crippen molar-refractivity contribution in [1.29, 1.82) is 0 Å².